The molecule has 2 N–H and O–H groups in total. The Bertz CT molecular complexity index is 981. The third-order valence-electron chi connectivity index (χ3n) is 5.61. The van der Waals surface area contributed by atoms with Gasteiger partial charge in [0.05, 0.1) is 11.0 Å². The van der Waals surface area contributed by atoms with Crippen LogP contribution in [0, 0.1) is 6.92 Å². The van der Waals surface area contributed by atoms with Gasteiger partial charge in [0.25, 0.3) is 0 Å². The van der Waals surface area contributed by atoms with Gasteiger partial charge in [-0.05, 0) is 67.1 Å². The molecule has 0 fully saturated rings. The van der Waals surface area contributed by atoms with Crippen molar-refractivity contribution in [2.75, 3.05) is 0 Å². The second-order valence-electron chi connectivity index (χ2n) is 7.28. The number of nitrogens with two attached hydrogens (primary N) is 1. The molecular weight excluding hydrogens is 391 g/mol. The predicted molar refractivity (Wildman–Crippen MR) is 113 cm³/mol. The van der Waals surface area contributed by atoms with Gasteiger partial charge in [-0.15, -0.1) is 0 Å². The molecule has 3 unspecified atom stereocenters. The summed E-state index contributed by atoms with van der Waals surface area (Å²) in [5, 5.41) is 1.16. The van der Waals surface area contributed by atoms with Crippen molar-refractivity contribution in [3.63, 3.8) is 0 Å². The van der Waals surface area contributed by atoms with Crippen LogP contribution in [0.1, 0.15) is 41.5 Å². The maximum absolute atomic E-state index is 6.92. The number of halogens is 1. The molecule has 1 heterocycles. The number of aromatic nitrogens is 1. The first-order chi connectivity index (χ1) is 11.9. The van der Waals surface area contributed by atoms with Crippen LogP contribution < -0.4 is 11.2 Å². The second kappa shape index (κ2) is 6.16. The molecule has 4 rings (SSSR count). The van der Waals surface area contributed by atoms with E-state index in [1.54, 1.807) is 0 Å². The molecule has 1 aliphatic carbocycles. The van der Waals surface area contributed by atoms with E-state index in [4.69, 9.17) is 10.7 Å². The Morgan fingerprint density at radius 2 is 2.04 bits per heavy atom. The quantitative estimate of drug-likeness (QED) is 0.618. The fraction of sp³-hybridized carbons (Fsp3) is 0.286. The molecule has 4 heteroatoms. The average Bonchev–Trinajstić information content (AvgIpc) is 3.02. The first kappa shape index (κ1) is 17.1. The minimum absolute atomic E-state index is 0.318. The highest BCUT2D eigenvalue weighted by Crippen LogP contribution is 2.46. The van der Waals surface area contributed by atoms with Crippen molar-refractivity contribution in [1.29, 1.82) is 0 Å². The first-order valence-electron chi connectivity index (χ1n) is 8.61. The monoisotopic (exact) mass is 412 g/mol. The fourth-order valence-electron chi connectivity index (χ4n) is 4.06. The molecule has 0 spiro atoms. The number of fused-ring (bicyclic) bond motifs is 2. The Kier molecular flexibility index (Phi) is 4.22. The van der Waals surface area contributed by atoms with E-state index in [-0.39, 0.29) is 0 Å². The Hall–Kier alpha value is -1.28. The van der Waals surface area contributed by atoms with E-state index < -0.39 is 5.54 Å². The number of nitrogens with zero attached hydrogens (tertiary/aromatic N) is 1. The van der Waals surface area contributed by atoms with E-state index in [1.165, 1.54) is 21.2 Å². The number of benzene rings is 2. The zero-order valence-corrected chi connectivity index (χ0v) is 17.3. The molecule has 1 aliphatic rings. The SMILES string of the molecule is Cc1cc2ccc(C(C)(N)C3CCc4c(Br)cccc43)cc2nc1P. The average molecular weight is 413 g/mol. The highest BCUT2D eigenvalue weighted by atomic mass is 79.9. The third-order valence-corrected chi connectivity index (χ3v) is 6.93. The molecule has 0 radical (unpaired) electrons. The molecule has 1 aromatic heterocycles. The van der Waals surface area contributed by atoms with E-state index in [0.29, 0.717) is 5.92 Å². The molecular formula is C21H22BrN2P. The normalized spacial score (nSPS) is 19.0. The van der Waals surface area contributed by atoms with Crippen molar-refractivity contribution >= 4 is 41.5 Å². The molecule has 128 valence electrons. The highest BCUT2D eigenvalue weighted by molar-refractivity contribution is 9.10. The van der Waals surface area contributed by atoms with E-state index in [2.05, 4.69) is 81.5 Å². The van der Waals surface area contributed by atoms with Gasteiger partial charge in [-0.1, -0.05) is 49.4 Å². The lowest BCUT2D eigenvalue weighted by molar-refractivity contribution is 0.387. The van der Waals surface area contributed by atoms with Crippen molar-refractivity contribution in [2.24, 2.45) is 5.73 Å². The van der Waals surface area contributed by atoms with Crippen LogP contribution in [0.4, 0.5) is 0 Å². The summed E-state index contributed by atoms with van der Waals surface area (Å²) in [6, 6.07) is 15.1. The fourth-order valence-corrected chi connectivity index (χ4v) is 4.86. The molecule has 0 saturated heterocycles. The highest BCUT2D eigenvalue weighted by Gasteiger charge is 2.38. The van der Waals surface area contributed by atoms with Gasteiger partial charge in [0, 0.05) is 21.3 Å². The Balaban J connectivity index is 1.80. The van der Waals surface area contributed by atoms with Crippen molar-refractivity contribution in [1.82, 2.24) is 4.98 Å². The van der Waals surface area contributed by atoms with Crippen LogP contribution in [0.5, 0.6) is 0 Å². The summed E-state index contributed by atoms with van der Waals surface area (Å²) in [5.41, 5.74) is 13.6. The lowest BCUT2D eigenvalue weighted by Crippen LogP contribution is -2.39. The van der Waals surface area contributed by atoms with Crippen LogP contribution in [0.3, 0.4) is 0 Å². The maximum atomic E-state index is 6.92. The van der Waals surface area contributed by atoms with Gasteiger partial charge < -0.3 is 5.73 Å². The molecule has 2 nitrogen and oxygen atoms in total. The predicted octanol–water partition coefficient (Wildman–Crippen LogP) is 4.71. The summed E-state index contributed by atoms with van der Waals surface area (Å²) in [6.45, 7) is 4.24. The summed E-state index contributed by atoms with van der Waals surface area (Å²) in [5.74, 6) is 0.318. The molecule has 3 aromatic rings. The topological polar surface area (TPSA) is 38.9 Å². The molecule has 2 aromatic carbocycles. The summed E-state index contributed by atoms with van der Waals surface area (Å²) in [4.78, 5) is 4.73. The Morgan fingerprint density at radius 1 is 1.24 bits per heavy atom. The van der Waals surface area contributed by atoms with E-state index in [1.807, 2.05) is 0 Å². The number of hydrogen-bond acceptors (Lipinski definition) is 2. The second-order valence-corrected chi connectivity index (χ2v) is 8.68. The third kappa shape index (κ3) is 2.83. The van der Waals surface area contributed by atoms with Crippen LogP contribution in [0.2, 0.25) is 0 Å². The van der Waals surface area contributed by atoms with Crippen LogP contribution >= 0.6 is 25.2 Å². The van der Waals surface area contributed by atoms with E-state index in [9.17, 15) is 0 Å². The molecule has 0 saturated carbocycles. The number of aryl methyl sites for hydroxylation is 1. The molecule has 25 heavy (non-hydrogen) atoms. The van der Waals surface area contributed by atoms with Gasteiger partial charge in [-0.2, -0.15) is 0 Å². The zero-order chi connectivity index (χ0) is 17.8. The number of hydrogen-bond donors (Lipinski definition) is 1. The molecule has 0 bridgehead atoms. The number of pyridine rings is 1. The summed E-state index contributed by atoms with van der Waals surface area (Å²) < 4.78 is 1.20. The summed E-state index contributed by atoms with van der Waals surface area (Å²) >= 11 is 3.69. The molecule has 0 amide bonds. The van der Waals surface area contributed by atoms with Crippen molar-refractivity contribution in [3.05, 3.63) is 69.2 Å². The summed E-state index contributed by atoms with van der Waals surface area (Å²) in [6.07, 6.45) is 2.16. The standard InChI is InChI=1S/C21H22BrN2P/c1-12-10-13-6-7-14(11-19(13)24-20(12)25)21(2,23)17-9-8-16-15(17)4-3-5-18(16)22/h3-7,10-11,17H,8-9,23,25H2,1-2H3. The molecule has 0 aliphatic heterocycles. The van der Waals surface area contributed by atoms with Crippen molar-refractivity contribution in [3.8, 4) is 0 Å². The summed E-state index contributed by atoms with van der Waals surface area (Å²) in [7, 11) is 2.72. The van der Waals surface area contributed by atoms with Crippen LogP contribution in [-0.2, 0) is 12.0 Å². The van der Waals surface area contributed by atoms with E-state index in [0.717, 1.165) is 34.7 Å². The van der Waals surface area contributed by atoms with Gasteiger partial charge in [-0.25, -0.2) is 4.98 Å². The van der Waals surface area contributed by atoms with Gasteiger partial charge in [0.1, 0.15) is 0 Å². The van der Waals surface area contributed by atoms with Crippen molar-refractivity contribution < 1.29 is 0 Å². The Morgan fingerprint density at radius 3 is 2.84 bits per heavy atom. The lowest BCUT2D eigenvalue weighted by Gasteiger charge is -2.33. The van der Waals surface area contributed by atoms with Crippen LogP contribution in [0.25, 0.3) is 10.9 Å². The maximum Gasteiger partial charge on any atom is 0.0713 e. The van der Waals surface area contributed by atoms with Gasteiger partial charge >= 0.3 is 0 Å². The van der Waals surface area contributed by atoms with Crippen LogP contribution in [0.15, 0.2) is 46.9 Å². The van der Waals surface area contributed by atoms with Gasteiger partial charge in [-0.3, -0.25) is 0 Å². The first-order valence-corrected chi connectivity index (χ1v) is 9.98. The van der Waals surface area contributed by atoms with Crippen LogP contribution in [-0.4, -0.2) is 4.98 Å². The Labute approximate surface area is 159 Å². The minimum Gasteiger partial charge on any atom is -0.321 e. The smallest absolute Gasteiger partial charge is 0.0713 e. The lowest BCUT2D eigenvalue weighted by atomic mass is 9.77. The van der Waals surface area contributed by atoms with E-state index >= 15 is 0 Å². The zero-order valence-electron chi connectivity index (χ0n) is 14.5. The van der Waals surface area contributed by atoms with Gasteiger partial charge in [0.2, 0.25) is 0 Å². The molecule has 3 atom stereocenters. The van der Waals surface area contributed by atoms with Crippen molar-refractivity contribution in [2.45, 2.75) is 38.1 Å². The largest absolute Gasteiger partial charge is 0.321 e. The van der Waals surface area contributed by atoms with Gasteiger partial charge in [0.15, 0.2) is 0 Å². The number of rotatable bonds is 2. The minimum atomic E-state index is -0.423.